The maximum Gasteiger partial charge on any atom is 0.269 e. The van der Waals surface area contributed by atoms with Crippen molar-refractivity contribution in [2.75, 3.05) is 0 Å². The number of pyridine rings is 1. The lowest BCUT2D eigenvalue weighted by Crippen LogP contribution is -2.18. The fourth-order valence-corrected chi connectivity index (χ4v) is 2.57. The van der Waals surface area contributed by atoms with Crippen molar-refractivity contribution < 1.29 is 0 Å². The van der Waals surface area contributed by atoms with Crippen LogP contribution in [0.15, 0.2) is 59.7 Å². The van der Waals surface area contributed by atoms with Gasteiger partial charge in [0.05, 0.1) is 6.54 Å². The fourth-order valence-electron chi connectivity index (χ4n) is 2.45. The number of hydrogen-bond acceptors (Lipinski definition) is 5. The molecule has 8 heteroatoms. The first kappa shape index (κ1) is 14.5. The van der Waals surface area contributed by atoms with Crippen LogP contribution in [0.4, 0.5) is 0 Å². The van der Waals surface area contributed by atoms with Crippen LogP contribution < -0.4 is 5.56 Å². The second-order valence-electron chi connectivity index (χ2n) is 5.19. The van der Waals surface area contributed by atoms with Crippen molar-refractivity contribution in [2.24, 2.45) is 0 Å². The van der Waals surface area contributed by atoms with Crippen LogP contribution in [-0.4, -0.2) is 29.6 Å². The molecule has 0 aliphatic carbocycles. The molecule has 7 nitrogen and oxygen atoms in total. The van der Waals surface area contributed by atoms with Gasteiger partial charge in [0, 0.05) is 17.4 Å². The summed E-state index contributed by atoms with van der Waals surface area (Å²) in [5.41, 5.74) is 1.68. The van der Waals surface area contributed by atoms with Gasteiger partial charge in [-0.05, 0) is 40.3 Å². The lowest BCUT2D eigenvalue weighted by molar-refractivity contribution is 0.652. The minimum atomic E-state index is -0.215. The molecule has 118 valence electrons. The maximum atomic E-state index is 12.7. The highest BCUT2D eigenvalue weighted by Crippen LogP contribution is 2.14. The molecule has 0 saturated carbocycles. The number of rotatable bonds is 3. The van der Waals surface area contributed by atoms with E-state index in [1.807, 2.05) is 18.2 Å². The summed E-state index contributed by atoms with van der Waals surface area (Å²) >= 11 is 5.90. The SMILES string of the molecule is O=c1c(-c2nnnn2Cc2ccc(Cl)cc2)cnc2ccccn12. The van der Waals surface area contributed by atoms with E-state index in [-0.39, 0.29) is 5.56 Å². The lowest BCUT2D eigenvalue weighted by atomic mass is 10.2. The molecule has 3 aromatic heterocycles. The Labute approximate surface area is 141 Å². The van der Waals surface area contributed by atoms with Crippen LogP contribution in [0.5, 0.6) is 0 Å². The molecule has 0 aliphatic rings. The topological polar surface area (TPSA) is 78.0 Å². The van der Waals surface area contributed by atoms with E-state index in [0.717, 1.165) is 5.56 Å². The third kappa shape index (κ3) is 2.55. The van der Waals surface area contributed by atoms with Crippen molar-refractivity contribution in [3.8, 4) is 11.4 Å². The maximum absolute atomic E-state index is 12.7. The Morgan fingerprint density at radius 3 is 2.75 bits per heavy atom. The second-order valence-corrected chi connectivity index (χ2v) is 5.63. The smallest absolute Gasteiger partial charge is 0.268 e. The van der Waals surface area contributed by atoms with Gasteiger partial charge in [-0.2, -0.15) is 0 Å². The molecule has 24 heavy (non-hydrogen) atoms. The van der Waals surface area contributed by atoms with E-state index in [0.29, 0.717) is 28.6 Å². The van der Waals surface area contributed by atoms with E-state index >= 15 is 0 Å². The Kier molecular flexibility index (Phi) is 3.55. The van der Waals surface area contributed by atoms with Crippen LogP contribution >= 0.6 is 11.6 Å². The van der Waals surface area contributed by atoms with Crippen LogP contribution in [0.3, 0.4) is 0 Å². The zero-order valence-electron chi connectivity index (χ0n) is 12.4. The van der Waals surface area contributed by atoms with E-state index in [9.17, 15) is 4.79 Å². The Bertz CT molecular complexity index is 1070. The molecule has 0 amide bonds. The second kappa shape index (κ2) is 5.86. The van der Waals surface area contributed by atoms with Gasteiger partial charge in [-0.15, -0.1) is 5.10 Å². The van der Waals surface area contributed by atoms with Gasteiger partial charge in [0.2, 0.25) is 0 Å². The third-order valence-electron chi connectivity index (χ3n) is 3.63. The molecule has 0 fully saturated rings. The zero-order chi connectivity index (χ0) is 16.5. The Hall–Kier alpha value is -3.06. The van der Waals surface area contributed by atoms with Gasteiger partial charge in [0.15, 0.2) is 5.82 Å². The summed E-state index contributed by atoms with van der Waals surface area (Å²) in [6.45, 7) is 0.427. The van der Waals surface area contributed by atoms with Crippen molar-refractivity contribution in [1.82, 2.24) is 29.6 Å². The normalized spacial score (nSPS) is 11.0. The molecule has 4 rings (SSSR count). The fraction of sp³-hybridized carbons (Fsp3) is 0.0625. The average Bonchev–Trinajstić information content (AvgIpc) is 3.05. The largest absolute Gasteiger partial charge is 0.269 e. The number of halogens is 1. The van der Waals surface area contributed by atoms with Crippen molar-refractivity contribution in [3.63, 3.8) is 0 Å². The van der Waals surface area contributed by atoms with E-state index in [1.165, 1.54) is 10.6 Å². The first-order chi connectivity index (χ1) is 11.7. The average molecular weight is 339 g/mol. The van der Waals surface area contributed by atoms with E-state index in [4.69, 9.17) is 11.6 Å². The minimum absolute atomic E-state index is 0.215. The van der Waals surface area contributed by atoms with Crippen molar-refractivity contribution in [1.29, 1.82) is 0 Å². The predicted molar refractivity (Wildman–Crippen MR) is 88.8 cm³/mol. The molecule has 0 unspecified atom stereocenters. The molecule has 0 N–H and O–H groups in total. The number of benzene rings is 1. The van der Waals surface area contributed by atoms with E-state index in [1.54, 1.807) is 35.1 Å². The van der Waals surface area contributed by atoms with Gasteiger partial charge in [-0.1, -0.05) is 29.8 Å². The first-order valence-electron chi connectivity index (χ1n) is 7.20. The van der Waals surface area contributed by atoms with E-state index < -0.39 is 0 Å². The van der Waals surface area contributed by atoms with Gasteiger partial charge in [-0.25, -0.2) is 9.67 Å². The van der Waals surface area contributed by atoms with E-state index in [2.05, 4.69) is 20.5 Å². The number of tetrazole rings is 1. The Morgan fingerprint density at radius 1 is 1.08 bits per heavy atom. The van der Waals surface area contributed by atoms with Crippen LogP contribution in [0.1, 0.15) is 5.56 Å². The molecule has 0 aliphatic heterocycles. The summed E-state index contributed by atoms with van der Waals surface area (Å²) in [5.74, 6) is 0.376. The number of nitrogens with zero attached hydrogens (tertiary/aromatic N) is 6. The number of aromatic nitrogens is 6. The van der Waals surface area contributed by atoms with Crippen LogP contribution in [0, 0.1) is 0 Å². The molecule has 0 atom stereocenters. The Balaban J connectivity index is 1.78. The highest BCUT2D eigenvalue weighted by molar-refractivity contribution is 6.30. The summed E-state index contributed by atoms with van der Waals surface area (Å²) in [6.07, 6.45) is 3.17. The quantitative estimate of drug-likeness (QED) is 0.571. The third-order valence-corrected chi connectivity index (χ3v) is 3.88. The number of fused-ring (bicyclic) bond motifs is 1. The molecule has 0 bridgehead atoms. The van der Waals surface area contributed by atoms with Gasteiger partial charge in [0.25, 0.3) is 5.56 Å². The summed E-state index contributed by atoms with van der Waals surface area (Å²) < 4.78 is 3.04. The molecule has 0 spiro atoms. The van der Waals surface area contributed by atoms with Crippen LogP contribution in [0.25, 0.3) is 17.0 Å². The zero-order valence-corrected chi connectivity index (χ0v) is 13.1. The van der Waals surface area contributed by atoms with Gasteiger partial charge in [0.1, 0.15) is 11.2 Å². The highest BCUT2D eigenvalue weighted by Gasteiger charge is 2.15. The van der Waals surface area contributed by atoms with Crippen LogP contribution in [-0.2, 0) is 6.54 Å². The summed E-state index contributed by atoms with van der Waals surface area (Å²) in [5, 5.41) is 12.3. The summed E-state index contributed by atoms with van der Waals surface area (Å²) in [4.78, 5) is 17.0. The minimum Gasteiger partial charge on any atom is -0.268 e. The molecular weight excluding hydrogens is 328 g/mol. The molecule has 3 heterocycles. The van der Waals surface area contributed by atoms with Gasteiger partial charge in [-0.3, -0.25) is 9.20 Å². The molecule has 0 saturated heterocycles. The lowest BCUT2D eigenvalue weighted by Gasteiger charge is -2.06. The molecular formula is C16H11ClN6O. The van der Waals surface area contributed by atoms with Crippen molar-refractivity contribution in [2.45, 2.75) is 6.54 Å². The van der Waals surface area contributed by atoms with Crippen molar-refractivity contribution >= 4 is 17.2 Å². The predicted octanol–water partition coefficient (Wildman–Crippen LogP) is 2.05. The Morgan fingerprint density at radius 2 is 1.92 bits per heavy atom. The number of hydrogen-bond donors (Lipinski definition) is 0. The molecule has 4 aromatic rings. The van der Waals surface area contributed by atoms with Crippen LogP contribution in [0.2, 0.25) is 5.02 Å². The first-order valence-corrected chi connectivity index (χ1v) is 7.57. The summed E-state index contributed by atoms with van der Waals surface area (Å²) in [7, 11) is 0. The molecule has 1 aromatic carbocycles. The van der Waals surface area contributed by atoms with Gasteiger partial charge < -0.3 is 0 Å². The highest BCUT2D eigenvalue weighted by atomic mass is 35.5. The van der Waals surface area contributed by atoms with Gasteiger partial charge >= 0.3 is 0 Å². The summed E-state index contributed by atoms with van der Waals surface area (Å²) in [6, 6.07) is 12.7. The van der Waals surface area contributed by atoms with Crippen molar-refractivity contribution in [3.05, 3.63) is 75.8 Å². The monoisotopic (exact) mass is 338 g/mol. The molecule has 0 radical (unpaired) electrons. The standard InChI is InChI=1S/C16H11ClN6O/c17-12-6-4-11(5-7-12)10-23-15(19-20-21-23)13-9-18-14-3-1-2-8-22(14)16(13)24/h1-9H,10H2.